The molecule has 2 N–H and O–H groups in total. The van der Waals surface area contributed by atoms with E-state index in [1.165, 1.54) is 0 Å². The molecule has 1 amide bonds. The summed E-state index contributed by atoms with van der Waals surface area (Å²) in [5.41, 5.74) is 1.95. The normalized spacial score (nSPS) is 15.7. The van der Waals surface area contributed by atoms with Gasteiger partial charge in [-0.2, -0.15) is 0 Å². The fraction of sp³-hybridized carbons (Fsp3) is 0.400. The number of hydrogen-bond donors (Lipinski definition) is 2. The number of nitrogens with zero attached hydrogens (tertiary/aromatic N) is 3. The van der Waals surface area contributed by atoms with Crippen LogP contribution in [0.2, 0.25) is 5.02 Å². The Morgan fingerprint density at radius 1 is 1.41 bits per heavy atom. The highest BCUT2D eigenvalue weighted by Gasteiger charge is 2.19. The van der Waals surface area contributed by atoms with Crippen LogP contribution in [-0.4, -0.2) is 34.0 Å². The Morgan fingerprint density at radius 2 is 2.18 bits per heavy atom. The van der Waals surface area contributed by atoms with Crippen molar-refractivity contribution >= 4 is 23.2 Å². The largest absolute Gasteiger partial charge is 0.320 e. The van der Waals surface area contributed by atoms with Gasteiger partial charge in [-0.05, 0) is 50.6 Å². The molecule has 1 aliphatic heterocycles. The molecular formula is C15H18ClN5O. The standard InChI is InChI=1S/C15H18ClN5O/c1-10-2-3-11(16)8-13(10)18-15(22)14-9-21(20-19-14)12-4-6-17-7-5-12/h2-3,8-9,12,17H,4-7H2,1H3,(H,18,22). The number of halogens is 1. The molecule has 6 nitrogen and oxygen atoms in total. The third-order valence-electron chi connectivity index (χ3n) is 3.87. The SMILES string of the molecule is Cc1ccc(Cl)cc1NC(=O)c1cn(C2CCNCC2)nn1. The average Bonchev–Trinajstić information content (AvgIpc) is 3.02. The lowest BCUT2D eigenvalue weighted by Gasteiger charge is -2.22. The van der Waals surface area contributed by atoms with E-state index in [-0.39, 0.29) is 5.91 Å². The molecule has 3 rings (SSSR count). The van der Waals surface area contributed by atoms with E-state index < -0.39 is 0 Å². The zero-order chi connectivity index (χ0) is 15.5. The summed E-state index contributed by atoms with van der Waals surface area (Å²) in [7, 11) is 0. The van der Waals surface area contributed by atoms with Gasteiger partial charge < -0.3 is 10.6 Å². The molecular weight excluding hydrogens is 302 g/mol. The van der Waals surface area contributed by atoms with Crippen LogP contribution in [0.3, 0.4) is 0 Å². The Hall–Kier alpha value is -1.92. The van der Waals surface area contributed by atoms with Crippen LogP contribution in [0.5, 0.6) is 0 Å². The number of benzene rings is 1. The first-order valence-electron chi connectivity index (χ1n) is 7.33. The van der Waals surface area contributed by atoms with Crippen molar-refractivity contribution in [3.63, 3.8) is 0 Å². The molecule has 1 aromatic heterocycles. The maximum Gasteiger partial charge on any atom is 0.277 e. The number of anilines is 1. The van der Waals surface area contributed by atoms with Crippen LogP contribution in [0.4, 0.5) is 5.69 Å². The summed E-state index contributed by atoms with van der Waals surface area (Å²) in [5, 5.41) is 14.8. The Balaban J connectivity index is 1.72. The Kier molecular flexibility index (Phi) is 4.40. The molecule has 2 aromatic rings. The molecule has 22 heavy (non-hydrogen) atoms. The van der Waals surface area contributed by atoms with Crippen LogP contribution in [0, 0.1) is 6.92 Å². The summed E-state index contributed by atoms with van der Waals surface area (Å²) >= 11 is 5.96. The number of amides is 1. The van der Waals surface area contributed by atoms with Gasteiger partial charge in [0, 0.05) is 10.7 Å². The van der Waals surface area contributed by atoms with Crippen LogP contribution in [0.15, 0.2) is 24.4 Å². The number of aryl methyl sites for hydroxylation is 1. The molecule has 0 radical (unpaired) electrons. The van der Waals surface area contributed by atoms with E-state index in [0.717, 1.165) is 31.5 Å². The van der Waals surface area contributed by atoms with Crippen LogP contribution >= 0.6 is 11.6 Å². The summed E-state index contributed by atoms with van der Waals surface area (Å²) < 4.78 is 1.79. The number of hydrogen-bond acceptors (Lipinski definition) is 4. The van der Waals surface area contributed by atoms with Crippen molar-refractivity contribution in [2.45, 2.75) is 25.8 Å². The molecule has 0 spiro atoms. The average molecular weight is 320 g/mol. The molecule has 2 heterocycles. The lowest BCUT2D eigenvalue weighted by Crippen LogP contribution is -2.29. The van der Waals surface area contributed by atoms with Gasteiger partial charge in [-0.3, -0.25) is 4.79 Å². The number of nitrogens with one attached hydrogen (secondary N) is 2. The van der Waals surface area contributed by atoms with Crippen LogP contribution < -0.4 is 10.6 Å². The Bertz CT molecular complexity index is 678. The van der Waals surface area contributed by atoms with Gasteiger partial charge in [0.05, 0.1) is 12.2 Å². The van der Waals surface area contributed by atoms with Gasteiger partial charge in [-0.15, -0.1) is 5.10 Å². The van der Waals surface area contributed by atoms with Crippen molar-refractivity contribution in [2.24, 2.45) is 0 Å². The Morgan fingerprint density at radius 3 is 2.95 bits per heavy atom. The first-order chi connectivity index (χ1) is 10.6. The van der Waals surface area contributed by atoms with E-state index >= 15 is 0 Å². The number of carbonyl (C=O) groups excluding carboxylic acids is 1. The van der Waals surface area contributed by atoms with Gasteiger partial charge in [-0.1, -0.05) is 22.9 Å². The summed E-state index contributed by atoms with van der Waals surface area (Å²) in [5.74, 6) is -0.273. The van der Waals surface area contributed by atoms with Gasteiger partial charge in [0.15, 0.2) is 5.69 Å². The quantitative estimate of drug-likeness (QED) is 0.911. The van der Waals surface area contributed by atoms with E-state index in [0.29, 0.717) is 22.4 Å². The predicted octanol–water partition coefficient (Wildman–Crippen LogP) is 2.42. The molecule has 0 aliphatic carbocycles. The zero-order valence-electron chi connectivity index (χ0n) is 12.3. The van der Waals surface area contributed by atoms with Gasteiger partial charge in [0.25, 0.3) is 5.91 Å². The third kappa shape index (κ3) is 3.28. The first kappa shape index (κ1) is 15.0. The predicted molar refractivity (Wildman–Crippen MR) is 85.3 cm³/mol. The first-order valence-corrected chi connectivity index (χ1v) is 7.71. The van der Waals surface area contributed by atoms with Crippen molar-refractivity contribution in [1.82, 2.24) is 20.3 Å². The molecule has 1 fully saturated rings. The summed E-state index contributed by atoms with van der Waals surface area (Å²) in [6, 6.07) is 5.69. The third-order valence-corrected chi connectivity index (χ3v) is 4.11. The van der Waals surface area contributed by atoms with Gasteiger partial charge in [-0.25, -0.2) is 4.68 Å². The number of aromatic nitrogens is 3. The second-order valence-electron chi connectivity index (χ2n) is 5.48. The van der Waals surface area contributed by atoms with Gasteiger partial charge in [0.2, 0.25) is 0 Å². The molecule has 1 aromatic carbocycles. The second kappa shape index (κ2) is 6.46. The number of carbonyl (C=O) groups is 1. The monoisotopic (exact) mass is 319 g/mol. The fourth-order valence-corrected chi connectivity index (χ4v) is 2.72. The molecule has 0 bridgehead atoms. The van der Waals surface area contributed by atoms with Crippen LogP contribution in [0.1, 0.15) is 34.9 Å². The molecule has 116 valence electrons. The fourth-order valence-electron chi connectivity index (χ4n) is 2.55. The maximum atomic E-state index is 12.3. The van der Waals surface area contributed by atoms with Crippen molar-refractivity contribution < 1.29 is 4.79 Å². The molecule has 1 aliphatic rings. The van der Waals surface area contributed by atoms with Gasteiger partial charge >= 0.3 is 0 Å². The van der Waals surface area contributed by atoms with E-state index in [4.69, 9.17) is 11.6 Å². The van der Waals surface area contributed by atoms with Gasteiger partial charge in [0.1, 0.15) is 0 Å². The number of piperidine rings is 1. The second-order valence-corrected chi connectivity index (χ2v) is 5.91. The molecule has 0 saturated carbocycles. The van der Waals surface area contributed by atoms with Crippen molar-refractivity contribution in [3.05, 3.63) is 40.7 Å². The van der Waals surface area contributed by atoms with Crippen molar-refractivity contribution in [2.75, 3.05) is 18.4 Å². The van der Waals surface area contributed by atoms with Crippen molar-refractivity contribution in [1.29, 1.82) is 0 Å². The zero-order valence-corrected chi connectivity index (χ0v) is 13.1. The van der Waals surface area contributed by atoms with E-state index in [1.807, 2.05) is 13.0 Å². The smallest absolute Gasteiger partial charge is 0.277 e. The van der Waals surface area contributed by atoms with E-state index in [9.17, 15) is 4.79 Å². The Labute approximate surface area is 133 Å². The van der Waals surface area contributed by atoms with Crippen LogP contribution in [0.25, 0.3) is 0 Å². The van der Waals surface area contributed by atoms with E-state index in [2.05, 4.69) is 20.9 Å². The highest BCUT2D eigenvalue weighted by atomic mass is 35.5. The minimum atomic E-state index is -0.273. The number of rotatable bonds is 3. The van der Waals surface area contributed by atoms with Crippen molar-refractivity contribution in [3.8, 4) is 0 Å². The summed E-state index contributed by atoms with van der Waals surface area (Å²) in [6.07, 6.45) is 3.71. The molecule has 1 saturated heterocycles. The molecule has 0 unspecified atom stereocenters. The topological polar surface area (TPSA) is 71.8 Å². The molecule has 0 atom stereocenters. The minimum absolute atomic E-state index is 0.273. The summed E-state index contributed by atoms with van der Waals surface area (Å²) in [6.45, 7) is 3.85. The highest BCUT2D eigenvalue weighted by Crippen LogP contribution is 2.21. The minimum Gasteiger partial charge on any atom is -0.320 e. The lowest BCUT2D eigenvalue weighted by atomic mass is 10.1. The highest BCUT2D eigenvalue weighted by molar-refractivity contribution is 6.31. The maximum absolute atomic E-state index is 12.3. The summed E-state index contributed by atoms with van der Waals surface area (Å²) in [4.78, 5) is 12.3. The van der Waals surface area contributed by atoms with Crippen LogP contribution in [-0.2, 0) is 0 Å². The van der Waals surface area contributed by atoms with E-state index in [1.54, 1.807) is 23.0 Å². The molecule has 7 heteroatoms. The lowest BCUT2D eigenvalue weighted by molar-refractivity contribution is 0.102.